The summed E-state index contributed by atoms with van der Waals surface area (Å²) in [7, 11) is 0. The third-order valence-corrected chi connectivity index (χ3v) is 19.4. The van der Waals surface area contributed by atoms with E-state index in [-0.39, 0.29) is 0 Å². The van der Waals surface area contributed by atoms with E-state index in [4.69, 9.17) is 0 Å². The summed E-state index contributed by atoms with van der Waals surface area (Å²) >= 11 is -9.95. The van der Waals surface area contributed by atoms with Crippen LogP contribution < -0.4 is 10.7 Å². The van der Waals surface area contributed by atoms with E-state index in [1.54, 1.807) is 0 Å². The van der Waals surface area contributed by atoms with Crippen LogP contribution in [0.15, 0.2) is 0 Å². The summed E-state index contributed by atoms with van der Waals surface area (Å²) in [5.74, 6) is -70.4. The molecule has 0 saturated carbocycles. The van der Waals surface area contributed by atoms with Gasteiger partial charge >= 0.3 is 247 Å². The first-order valence-corrected chi connectivity index (χ1v) is 16.9. The van der Waals surface area contributed by atoms with Crippen LogP contribution in [-0.4, -0.2) is 22.2 Å². The maximum absolute atomic E-state index is 15.4. The minimum atomic E-state index is -9.95. The second-order valence-electron chi connectivity index (χ2n) is 8.86. The monoisotopic (exact) mass is 816 g/mol. The molecule has 0 aliphatic carbocycles. The summed E-state index contributed by atoms with van der Waals surface area (Å²) in [5.41, 5.74) is -3.37. The second kappa shape index (κ2) is 11.9. The molecule has 22 heteroatoms. The van der Waals surface area contributed by atoms with Crippen molar-refractivity contribution < 1.29 is 92.6 Å². The molecule has 0 N–H and O–H groups in total. The van der Waals surface area contributed by atoms with E-state index >= 15 is 26.3 Å². The number of rotatable bonds is 5. The van der Waals surface area contributed by atoms with E-state index in [2.05, 4.69) is 0 Å². The van der Waals surface area contributed by atoms with Gasteiger partial charge in [0.15, 0.2) is 0 Å². The van der Waals surface area contributed by atoms with Gasteiger partial charge < -0.3 is 0 Å². The van der Waals surface area contributed by atoms with Gasteiger partial charge in [0.2, 0.25) is 0 Å². The van der Waals surface area contributed by atoms with Crippen LogP contribution in [0.25, 0.3) is 0 Å². The Labute approximate surface area is 247 Å². The van der Waals surface area contributed by atoms with Crippen molar-refractivity contribution in [2.24, 2.45) is 0 Å². The fourth-order valence-electron chi connectivity index (χ4n) is 4.51. The Hall–Kier alpha value is -4.05. The number of carbonyl (C=O) groups is 1. The van der Waals surface area contributed by atoms with Gasteiger partial charge in [0.25, 0.3) is 0 Å². The molecule has 0 aliphatic rings. The summed E-state index contributed by atoms with van der Waals surface area (Å²) in [6, 6.07) is 0. The van der Waals surface area contributed by atoms with E-state index in [9.17, 15) is 66.3 Å². The molecular formula is C25F20OSn. The van der Waals surface area contributed by atoms with Crippen molar-refractivity contribution in [3.63, 3.8) is 0 Å². The van der Waals surface area contributed by atoms with Gasteiger partial charge in [0, 0.05) is 0 Å². The summed E-state index contributed by atoms with van der Waals surface area (Å²) in [5, 5.41) is 0. The van der Waals surface area contributed by atoms with Crippen LogP contribution in [0.3, 0.4) is 0 Å². The van der Waals surface area contributed by atoms with E-state index < -0.39 is 155 Å². The number of halogens is 20. The first-order valence-electron chi connectivity index (χ1n) is 11.2. The Bertz CT molecular complexity index is 1790. The van der Waals surface area contributed by atoms with Gasteiger partial charge in [0.05, 0.1) is 0 Å². The summed E-state index contributed by atoms with van der Waals surface area (Å²) < 4.78 is 279. The standard InChI is InChI=1S/C7F5O.3C6F5.Sn/c8-3-2(1-13)4(9)6(11)7(12)5(3)10;3*7-2-1-3(8)5(10)6(11)4(2)9;. The van der Waals surface area contributed by atoms with Crippen LogP contribution in [0, 0.1) is 116 Å². The van der Waals surface area contributed by atoms with Crippen LogP contribution in [0.4, 0.5) is 87.8 Å². The molecule has 0 saturated heterocycles. The van der Waals surface area contributed by atoms with E-state index in [1.165, 1.54) is 0 Å². The van der Waals surface area contributed by atoms with Gasteiger partial charge in [-0.25, -0.2) is 0 Å². The molecule has 0 atom stereocenters. The Kier molecular flexibility index (Phi) is 9.05. The molecule has 250 valence electrons. The average Bonchev–Trinajstić information content (AvgIpc) is 3.04. The normalized spacial score (nSPS) is 11.9. The minimum absolute atomic E-state index is 3.24. The van der Waals surface area contributed by atoms with E-state index in [0.717, 1.165) is 0 Å². The van der Waals surface area contributed by atoms with Crippen molar-refractivity contribution in [1.29, 1.82) is 0 Å². The molecule has 0 unspecified atom stereocenters. The van der Waals surface area contributed by atoms with Crippen LogP contribution in [0.2, 0.25) is 0 Å². The Morgan fingerprint density at radius 1 is 0.255 bits per heavy atom. The van der Waals surface area contributed by atoms with Crippen molar-refractivity contribution in [2.75, 3.05) is 0 Å². The summed E-state index contributed by atoms with van der Waals surface area (Å²) in [6.07, 6.45) is 0. The van der Waals surface area contributed by atoms with Gasteiger partial charge in [-0.2, -0.15) is 0 Å². The zero-order valence-electron chi connectivity index (χ0n) is 21.0. The molecule has 0 amide bonds. The zero-order valence-corrected chi connectivity index (χ0v) is 23.8. The van der Waals surface area contributed by atoms with Crippen molar-refractivity contribution >= 4 is 32.9 Å². The summed E-state index contributed by atoms with van der Waals surface area (Å²) in [4.78, 5) is 13.9. The Balaban J connectivity index is 2.62. The average molecular weight is 815 g/mol. The third-order valence-electron chi connectivity index (χ3n) is 6.53. The molecule has 1 nitrogen and oxygen atoms in total. The molecule has 0 spiro atoms. The van der Waals surface area contributed by atoms with E-state index in [1.807, 2.05) is 0 Å². The van der Waals surface area contributed by atoms with E-state index in [0.29, 0.717) is 0 Å². The molecule has 0 aliphatic heterocycles. The molecule has 0 bridgehead atoms. The van der Waals surface area contributed by atoms with Gasteiger partial charge in [-0.05, 0) is 0 Å². The quantitative estimate of drug-likeness (QED) is 0.0994. The number of benzene rings is 4. The number of hydrogen-bond donors (Lipinski definition) is 0. The van der Waals surface area contributed by atoms with Crippen molar-refractivity contribution in [2.45, 2.75) is 0 Å². The zero-order chi connectivity index (χ0) is 35.9. The molecule has 0 radical (unpaired) electrons. The first-order chi connectivity index (χ1) is 21.6. The van der Waals surface area contributed by atoms with Crippen LogP contribution in [-0.2, 0) is 0 Å². The van der Waals surface area contributed by atoms with Gasteiger partial charge in [0.1, 0.15) is 0 Å². The van der Waals surface area contributed by atoms with Gasteiger partial charge in [-0.3, -0.25) is 0 Å². The molecule has 0 heterocycles. The van der Waals surface area contributed by atoms with Gasteiger partial charge in [-0.1, -0.05) is 0 Å². The second-order valence-corrected chi connectivity index (χ2v) is 18.7. The predicted molar refractivity (Wildman–Crippen MR) is 114 cm³/mol. The molecule has 4 aromatic rings. The third kappa shape index (κ3) is 4.65. The Morgan fingerprint density at radius 3 is 0.596 bits per heavy atom. The molecule has 47 heavy (non-hydrogen) atoms. The molecule has 0 aromatic heterocycles. The van der Waals surface area contributed by atoms with Gasteiger partial charge in [-0.15, -0.1) is 0 Å². The maximum atomic E-state index is 15.4. The van der Waals surface area contributed by atoms with Crippen molar-refractivity contribution in [3.05, 3.63) is 122 Å². The van der Waals surface area contributed by atoms with Crippen LogP contribution in [0.1, 0.15) is 10.4 Å². The number of carbonyl (C=O) groups excluding carboxylic acids is 1. The Morgan fingerprint density at radius 2 is 0.404 bits per heavy atom. The first kappa shape index (κ1) is 35.8. The van der Waals surface area contributed by atoms with Crippen LogP contribution >= 0.6 is 0 Å². The molecular weight excluding hydrogens is 815 g/mol. The number of hydrogen-bond acceptors (Lipinski definition) is 1. The van der Waals surface area contributed by atoms with Crippen LogP contribution in [0.5, 0.6) is 0 Å². The van der Waals surface area contributed by atoms with Crippen molar-refractivity contribution in [1.82, 2.24) is 0 Å². The molecule has 4 aromatic carbocycles. The van der Waals surface area contributed by atoms with Crippen molar-refractivity contribution in [3.8, 4) is 0 Å². The summed E-state index contributed by atoms with van der Waals surface area (Å²) in [6.45, 7) is 0. The SMILES string of the molecule is O=[C](c1c(F)c(F)c(F)c(F)c1F)[Sn]([c]1c(F)c(F)c(F)c(F)c1F)([c]1c(F)c(F)c(F)c(F)c1F)[c]1c(F)c(F)c(F)c(F)c1F. The fraction of sp³-hybridized carbons (Fsp3) is 0. The molecule has 0 fully saturated rings. The fourth-order valence-corrected chi connectivity index (χ4v) is 17.8. The molecule has 4 rings (SSSR count). The topological polar surface area (TPSA) is 17.1 Å². The predicted octanol–water partition coefficient (Wildman–Crippen LogP) is 6.36.